The van der Waals surface area contributed by atoms with Crippen LogP contribution in [-0.4, -0.2) is 70.3 Å². The summed E-state index contributed by atoms with van der Waals surface area (Å²) in [6.45, 7) is 5.91. The van der Waals surface area contributed by atoms with E-state index < -0.39 is 5.82 Å². The SMILES string of the molecule is COc1cc(N2CCN(CCN(C)C)CC2)c(N)cc1F. The van der Waals surface area contributed by atoms with E-state index in [4.69, 9.17) is 10.5 Å². The molecule has 0 bridgehead atoms. The molecule has 0 aliphatic carbocycles. The Hall–Kier alpha value is -1.53. The van der Waals surface area contributed by atoms with E-state index in [0.29, 0.717) is 5.69 Å². The van der Waals surface area contributed by atoms with Gasteiger partial charge >= 0.3 is 0 Å². The van der Waals surface area contributed by atoms with Crippen molar-refractivity contribution < 1.29 is 9.13 Å². The molecule has 1 fully saturated rings. The number of nitrogens with zero attached hydrogens (tertiary/aromatic N) is 3. The Balaban J connectivity index is 1.99. The molecule has 0 atom stereocenters. The molecule has 1 aliphatic rings. The van der Waals surface area contributed by atoms with Crippen molar-refractivity contribution >= 4 is 11.4 Å². The van der Waals surface area contributed by atoms with Gasteiger partial charge in [-0.15, -0.1) is 0 Å². The van der Waals surface area contributed by atoms with Gasteiger partial charge in [0.05, 0.1) is 18.5 Å². The van der Waals surface area contributed by atoms with Gasteiger partial charge in [0.25, 0.3) is 0 Å². The quantitative estimate of drug-likeness (QED) is 0.825. The summed E-state index contributed by atoms with van der Waals surface area (Å²) in [5.74, 6) is -0.169. The summed E-state index contributed by atoms with van der Waals surface area (Å²) in [5.41, 5.74) is 7.28. The van der Waals surface area contributed by atoms with Crippen LogP contribution < -0.4 is 15.4 Å². The van der Waals surface area contributed by atoms with Crippen molar-refractivity contribution in [3.63, 3.8) is 0 Å². The number of benzene rings is 1. The minimum atomic E-state index is -0.414. The first kappa shape index (κ1) is 15.9. The number of ether oxygens (including phenoxy) is 1. The van der Waals surface area contributed by atoms with Crippen molar-refractivity contribution in [3.8, 4) is 5.75 Å². The minimum Gasteiger partial charge on any atom is -0.494 e. The third-order valence-corrected chi connectivity index (χ3v) is 3.88. The van der Waals surface area contributed by atoms with Gasteiger partial charge in [0.1, 0.15) is 0 Å². The molecule has 1 aliphatic heterocycles. The van der Waals surface area contributed by atoms with E-state index in [1.54, 1.807) is 6.07 Å². The van der Waals surface area contributed by atoms with E-state index >= 15 is 0 Å². The number of methoxy groups -OCH3 is 1. The lowest BCUT2D eigenvalue weighted by Crippen LogP contribution is -2.48. The average molecular weight is 296 g/mol. The van der Waals surface area contributed by atoms with Crippen molar-refractivity contribution in [1.82, 2.24) is 9.80 Å². The number of anilines is 2. The normalized spacial score (nSPS) is 16.5. The number of likely N-dealkylation sites (N-methyl/N-ethyl adjacent to an activating group) is 1. The van der Waals surface area contributed by atoms with Crippen LogP contribution in [-0.2, 0) is 0 Å². The molecular formula is C15H25FN4O. The Morgan fingerprint density at radius 3 is 2.48 bits per heavy atom. The van der Waals surface area contributed by atoms with E-state index in [2.05, 4.69) is 28.8 Å². The molecule has 2 N–H and O–H groups in total. The first-order valence-corrected chi connectivity index (χ1v) is 7.26. The van der Waals surface area contributed by atoms with Crippen LogP contribution in [0.2, 0.25) is 0 Å². The summed E-state index contributed by atoms with van der Waals surface area (Å²) >= 11 is 0. The van der Waals surface area contributed by atoms with Gasteiger partial charge in [-0.2, -0.15) is 0 Å². The Morgan fingerprint density at radius 2 is 1.90 bits per heavy atom. The molecule has 118 valence electrons. The van der Waals surface area contributed by atoms with Crippen LogP contribution in [0.4, 0.5) is 15.8 Å². The maximum Gasteiger partial charge on any atom is 0.167 e. The highest BCUT2D eigenvalue weighted by Crippen LogP contribution is 2.31. The summed E-state index contributed by atoms with van der Waals surface area (Å²) in [5, 5.41) is 0. The van der Waals surface area contributed by atoms with Crippen LogP contribution in [0.5, 0.6) is 5.75 Å². The third-order valence-electron chi connectivity index (χ3n) is 3.88. The first-order chi connectivity index (χ1) is 10.0. The molecule has 0 unspecified atom stereocenters. The van der Waals surface area contributed by atoms with E-state index in [1.165, 1.54) is 13.2 Å². The largest absolute Gasteiger partial charge is 0.494 e. The smallest absolute Gasteiger partial charge is 0.167 e. The highest BCUT2D eigenvalue weighted by molar-refractivity contribution is 5.70. The molecule has 1 aromatic rings. The standard InChI is InChI=1S/C15H25FN4O/c1-18(2)4-5-19-6-8-20(9-7-19)14-11-15(21-3)12(16)10-13(14)17/h10-11H,4-9,17H2,1-3H3. The van der Waals surface area contributed by atoms with Crippen molar-refractivity contribution in [2.75, 3.05) is 71.1 Å². The average Bonchev–Trinajstić information content (AvgIpc) is 2.46. The number of rotatable bonds is 5. The Bertz CT molecular complexity index is 473. The van der Waals surface area contributed by atoms with Crippen LogP contribution >= 0.6 is 0 Å². The molecule has 1 aromatic carbocycles. The number of nitrogens with two attached hydrogens (primary N) is 1. The van der Waals surface area contributed by atoms with Crippen LogP contribution in [0.1, 0.15) is 0 Å². The number of hydrogen-bond donors (Lipinski definition) is 1. The second-order valence-electron chi connectivity index (χ2n) is 5.68. The van der Waals surface area contributed by atoms with Gasteiger partial charge in [-0.05, 0) is 14.1 Å². The second-order valence-corrected chi connectivity index (χ2v) is 5.68. The van der Waals surface area contributed by atoms with Gasteiger partial charge in [0.15, 0.2) is 11.6 Å². The topological polar surface area (TPSA) is 45.0 Å². The minimum absolute atomic E-state index is 0.245. The van der Waals surface area contributed by atoms with Crippen molar-refractivity contribution in [1.29, 1.82) is 0 Å². The Morgan fingerprint density at radius 1 is 1.24 bits per heavy atom. The second kappa shape index (κ2) is 6.95. The molecule has 1 heterocycles. The predicted molar refractivity (Wildman–Crippen MR) is 84.6 cm³/mol. The number of halogens is 1. The zero-order chi connectivity index (χ0) is 15.4. The highest BCUT2D eigenvalue weighted by Gasteiger charge is 2.20. The third kappa shape index (κ3) is 3.98. The maximum absolute atomic E-state index is 13.6. The summed E-state index contributed by atoms with van der Waals surface area (Å²) in [7, 11) is 5.64. The molecule has 0 aromatic heterocycles. The molecule has 0 amide bonds. The van der Waals surface area contributed by atoms with Crippen LogP contribution in [0.15, 0.2) is 12.1 Å². The molecule has 5 nitrogen and oxygen atoms in total. The van der Waals surface area contributed by atoms with Gasteiger partial charge in [-0.25, -0.2) is 4.39 Å². The number of nitrogen functional groups attached to an aromatic ring is 1. The molecule has 21 heavy (non-hydrogen) atoms. The molecule has 6 heteroatoms. The lowest BCUT2D eigenvalue weighted by molar-refractivity contribution is 0.229. The van der Waals surface area contributed by atoms with Crippen molar-refractivity contribution in [2.45, 2.75) is 0 Å². The molecule has 2 rings (SSSR count). The zero-order valence-corrected chi connectivity index (χ0v) is 13.1. The summed E-state index contributed by atoms with van der Waals surface area (Å²) in [6.07, 6.45) is 0. The van der Waals surface area contributed by atoms with Crippen molar-refractivity contribution in [2.24, 2.45) is 0 Å². The summed E-state index contributed by atoms with van der Waals surface area (Å²) in [4.78, 5) is 6.83. The van der Waals surface area contributed by atoms with Crippen LogP contribution in [0.25, 0.3) is 0 Å². The number of hydrogen-bond acceptors (Lipinski definition) is 5. The number of piperazine rings is 1. The van der Waals surface area contributed by atoms with E-state index in [0.717, 1.165) is 45.0 Å². The molecule has 0 spiro atoms. The molecule has 0 saturated carbocycles. The van der Waals surface area contributed by atoms with Crippen LogP contribution in [0, 0.1) is 5.82 Å². The summed E-state index contributed by atoms with van der Waals surface area (Å²) in [6, 6.07) is 3.03. The fourth-order valence-electron chi connectivity index (χ4n) is 2.54. The first-order valence-electron chi connectivity index (χ1n) is 7.26. The van der Waals surface area contributed by atoms with Gasteiger partial charge in [-0.3, -0.25) is 4.90 Å². The van der Waals surface area contributed by atoms with E-state index in [9.17, 15) is 4.39 Å². The highest BCUT2D eigenvalue weighted by atomic mass is 19.1. The fraction of sp³-hybridized carbons (Fsp3) is 0.600. The monoisotopic (exact) mass is 296 g/mol. The van der Waals surface area contributed by atoms with Crippen molar-refractivity contribution in [3.05, 3.63) is 17.9 Å². The van der Waals surface area contributed by atoms with E-state index in [-0.39, 0.29) is 5.75 Å². The lowest BCUT2D eigenvalue weighted by Gasteiger charge is -2.37. The molecular weight excluding hydrogens is 271 g/mol. The van der Waals surface area contributed by atoms with Gasteiger partial charge < -0.3 is 20.3 Å². The van der Waals surface area contributed by atoms with Crippen LogP contribution in [0.3, 0.4) is 0 Å². The lowest BCUT2D eigenvalue weighted by atomic mass is 10.2. The summed E-state index contributed by atoms with van der Waals surface area (Å²) < 4.78 is 18.6. The fourth-order valence-corrected chi connectivity index (χ4v) is 2.54. The Labute approximate surface area is 126 Å². The zero-order valence-electron chi connectivity index (χ0n) is 13.1. The predicted octanol–water partition coefficient (Wildman–Crippen LogP) is 1.10. The maximum atomic E-state index is 13.6. The molecule has 0 radical (unpaired) electrons. The van der Waals surface area contributed by atoms with Gasteiger partial charge in [0.2, 0.25) is 0 Å². The van der Waals surface area contributed by atoms with Gasteiger partial charge in [0, 0.05) is 51.4 Å². The molecule has 1 saturated heterocycles. The Kier molecular flexibility index (Phi) is 5.25. The van der Waals surface area contributed by atoms with E-state index in [1.807, 2.05) is 0 Å². The van der Waals surface area contributed by atoms with Gasteiger partial charge in [-0.1, -0.05) is 0 Å².